The molecule has 0 radical (unpaired) electrons. The number of benzene rings is 3. The molecule has 1 fully saturated rings. The molecule has 3 N–H and O–H groups in total. The minimum absolute atomic E-state index is 0.176. The number of nitrogens with zero attached hydrogens (tertiary/aromatic N) is 1. The number of aromatic hydroxyl groups is 2. The first-order valence-electron chi connectivity index (χ1n) is 12.3. The summed E-state index contributed by atoms with van der Waals surface area (Å²) in [7, 11) is 0. The maximum absolute atomic E-state index is 12.0. The zero-order valence-electron chi connectivity index (χ0n) is 19.5. The molecule has 3 aromatic rings. The second kappa shape index (κ2) is 9.69. The van der Waals surface area contributed by atoms with Gasteiger partial charge < -0.3 is 20.1 Å². The minimum Gasteiger partial charge on any atom is -0.508 e. The van der Waals surface area contributed by atoms with Crippen LogP contribution in [0, 0.1) is 0 Å². The summed E-state index contributed by atoms with van der Waals surface area (Å²) in [4.78, 5) is 2.46. The molecule has 2 aliphatic rings. The Morgan fingerprint density at radius 2 is 1.56 bits per heavy atom. The average Bonchev–Trinajstić information content (AvgIpc) is 3.12. The maximum atomic E-state index is 12.0. The molecular formula is C29H33NO4. The molecule has 0 amide bonds. The van der Waals surface area contributed by atoms with Gasteiger partial charge in [0, 0.05) is 18.9 Å². The lowest BCUT2D eigenvalue weighted by molar-refractivity contribution is 0.0189. The molecule has 1 heterocycles. The van der Waals surface area contributed by atoms with Crippen molar-refractivity contribution in [3.8, 4) is 17.2 Å². The van der Waals surface area contributed by atoms with Gasteiger partial charge in [0.05, 0.1) is 0 Å². The summed E-state index contributed by atoms with van der Waals surface area (Å²) < 4.78 is 5.97. The second-order valence-electron chi connectivity index (χ2n) is 9.69. The quantitative estimate of drug-likeness (QED) is 0.476. The smallest absolute Gasteiger partial charge is 0.119 e. The minimum atomic E-state index is -1.11. The third-order valence-corrected chi connectivity index (χ3v) is 7.37. The van der Waals surface area contributed by atoms with E-state index in [9.17, 15) is 15.3 Å². The summed E-state index contributed by atoms with van der Waals surface area (Å²) in [5.74, 6) is 1.08. The number of rotatable bonds is 7. The van der Waals surface area contributed by atoms with Gasteiger partial charge in [0.25, 0.3) is 0 Å². The lowest BCUT2D eigenvalue weighted by atomic mass is 9.78. The van der Waals surface area contributed by atoms with Crippen LogP contribution in [0.5, 0.6) is 17.2 Å². The normalized spacial score (nSPS) is 22.4. The molecule has 5 rings (SSSR count). The van der Waals surface area contributed by atoms with E-state index in [1.165, 1.54) is 32.4 Å². The van der Waals surface area contributed by atoms with Crippen LogP contribution in [0.15, 0.2) is 66.7 Å². The van der Waals surface area contributed by atoms with E-state index >= 15 is 0 Å². The first-order valence-corrected chi connectivity index (χ1v) is 12.3. The number of ether oxygens (including phenoxy) is 1. The van der Waals surface area contributed by atoms with E-state index in [2.05, 4.69) is 4.90 Å². The van der Waals surface area contributed by atoms with Crippen LogP contribution >= 0.6 is 0 Å². The van der Waals surface area contributed by atoms with E-state index < -0.39 is 5.60 Å². The molecule has 3 aromatic carbocycles. The first kappa shape index (κ1) is 22.8. The Hall–Kier alpha value is -3.02. The number of aliphatic hydroxyl groups is 1. The summed E-state index contributed by atoms with van der Waals surface area (Å²) in [5.41, 5.74) is 2.68. The van der Waals surface area contributed by atoms with E-state index in [0.29, 0.717) is 19.4 Å². The monoisotopic (exact) mass is 459 g/mol. The summed E-state index contributed by atoms with van der Waals surface area (Å²) in [6, 6.07) is 20.3. The van der Waals surface area contributed by atoms with Crippen LogP contribution in [0.3, 0.4) is 0 Å². The molecular weight excluding hydrogens is 426 g/mol. The van der Waals surface area contributed by atoms with Gasteiger partial charge >= 0.3 is 0 Å². The number of piperidine rings is 1. The van der Waals surface area contributed by atoms with E-state index in [-0.39, 0.29) is 17.4 Å². The van der Waals surface area contributed by atoms with Gasteiger partial charge in [-0.15, -0.1) is 0 Å². The molecule has 0 aromatic heterocycles. The van der Waals surface area contributed by atoms with Gasteiger partial charge in [-0.1, -0.05) is 36.8 Å². The van der Waals surface area contributed by atoms with Crippen molar-refractivity contribution in [3.63, 3.8) is 0 Å². The molecule has 5 nitrogen and oxygen atoms in total. The maximum Gasteiger partial charge on any atom is 0.119 e. The Labute approximate surface area is 201 Å². The van der Waals surface area contributed by atoms with Crippen LogP contribution in [0.2, 0.25) is 0 Å². The van der Waals surface area contributed by atoms with Gasteiger partial charge in [-0.25, -0.2) is 0 Å². The van der Waals surface area contributed by atoms with E-state index in [0.717, 1.165) is 34.5 Å². The van der Waals surface area contributed by atoms with Gasteiger partial charge in [-0.2, -0.15) is 0 Å². The fourth-order valence-corrected chi connectivity index (χ4v) is 5.56. The average molecular weight is 460 g/mol. The molecule has 2 atom stereocenters. The van der Waals surface area contributed by atoms with Crippen LogP contribution in [-0.4, -0.2) is 46.5 Å². The third-order valence-electron chi connectivity index (χ3n) is 7.37. The van der Waals surface area contributed by atoms with Crippen LogP contribution in [0.4, 0.5) is 0 Å². The lowest BCUT2D eigenvalue weighted by Gasteiger charge is -2.32. The van der Waals surface area contributed by atoms with Gasteiger partial charge in [0.2, 0.25) is 0 Å². The summed E-state index contributed by atoms with van der Waals surface area (Å²) >= 11 is 0. The molecule has 5 heteroatoms. The summed E-state index contributed by atoms with van der Waals surface area (Å²) in [6.07, 6.45) is 4.98. The van der Waals surface area contributed by atoms with Crippen LogP contribution < -0.4 is 4.74 Å². The number of hydrogen-bond acceptors (Lipinski definition) is 5. The third kappa shape index (κ3) is 4.77. The van der Waals surface area contributed by atoms with Gasteiger partial charge in [-0.05, 0) is 91.0 Å². The van der Waals surface area contributed by atoms with Crippen molar-refractivity contribution >= 4 is 0 Å². The zero-order chi connectivity index (χ0) is 23.5. The van der Waals surface area contributed by atoms with Crippen molar-refractivity contribution in [1.29, 1.82) is 0 Å². The van der Waals surface area contributed by atoms with Gasteiger partial charge in [-0.3, -0.25) is 4.90 Å². The van der Waals surface area contributed by atoms with Gasteiger partial charge in [0.1, 0.15) is 29.5 Å². The largest absolute Gasteiger partial charge is 0.508 e. The topological polar surface area (TPSA) is 73.2 Å². The lowest BCUT2D eigenvalue weighted by Crippen LogP contribution is -2.33. The van der Waals surface area contributed by atoms with E-state index in [4.69, 9.17) is 4.74 Å². The predicted octanol–water partition coefficient (Wildman–Crippen LogP) is 4.73. The standard InChI is InChI=1S/C29H33NO4/c31-24-8-6-22(7-9-24)28-19-23-18-25(32)10-13-27(23)29(28,33)20-21-4-11-26(12-5-21)34-17-16-30-14-2-1-3-15-30/h4-13,18,28,31-33H,1-3,14-17,19-20H2. The van der Waals surface area contributed by atoms with Crippen molar-refractivity contribution < 1.29 is 20.1 Å². The van der Waals surface area contributed by atoms with Crippen molar-refractivity contribution in [2.45, 2.75) is 43.6 Å². The highest BCUT2D eigenvalue weighted by Crippen LogP contribution is 2.50. The Bertz CT molecular complexity index is 1110. The van der Waals surface area contributed by atoms with Crippen molar-refractivity contribution in [3.05, 3.63) is 89.0 Å². The molecule has 1 aliphatic heterocycles. The molecule has 1 saturated heterocycles. The summed E-state index contributed by atoms with van der Waals surface area (Å²) in [5, 5.41) is 31.8. The second-order valence-corrected chi connectivity index (χ2v) is 9.69. The number of likely N-dealkylation sites (tertiary alicyclic amines) is 1. The molecule has 2 unspecified atom stereocenters. The van der Waals surface area contributed by atoms with Crippen molar-refractivity contribution in [2.75, 3.05) is 26.2 Å². The number of phenolic OH excluding ortho intramolecular Hbond substituents is 2. The van der Waals surface area contributed by atoms with Crippen LogP contribution in [0.1, 0.15) is 47.4 Å². The number of fused-ring (bicyclic) bond motifs is 1. The molecule has 178 valence electrons. The molecule has 34 heavy (non-hydrogen) atoms. The van der Waals surface area contributed by atoms with E-state index in [1.54, 1.807) is 24.3 Å². The SMILES string of the molecule is Oc1ccc(C2Cc3cc(O)ccc3C2(O)Cc2ccc(OCCN3CCCCC3)cc2)cc1. The number of hydrogen-bond donors (Lipinski definition) is 3. The Balaban J connectivity index is 1.32. The van der Waals surface area contributed by atoms with Crippen molar-refractivity contribution in [1.82, 2.24) is 4.90 Å². The fourth-order valence-electron chi connectivity index (χ4n) is 5.56. The Morgan fingerprint density at radius 1 is 0.853 bits per heavy atom. The van der Waals surface area contributed by atoms with Gasteiger partial charge in [0.15, 0.2) is 0 Å². The highest BCUT2D eigenvalue weighted by Gasteiger charge is 2.46. The Morgan fingerprint density at radius 3 is 2.29 bits per heavy atom. The molecule has 0 saturated carbocycles. The zero-order valence-corrected chi connectivity index (χ0v) is 19.5. The van der Waals surface area contributed by atoms with Crippen LogP contribution in [0.25, 0.3) is 0 Å². The highest BCUT2D eigenvalue weighted by atomic mass is 16.5. The van der Waals surface area contributed by atoms with E-state index in [1.807, 2.05) is 42.5 Å². The Kier molecular flexibility index (Phi) is 6.48. The first-order chi connectivity index (χ1) is 16.5. The summed E-state index contributed by atoms with van der Waals surface area (Å²) in [6.45, 7) is 3.98. The predicted molar refractivity (Wildman–Crippen MR) is 132 cm³/mol. The highest BCUT2D eigenvalue weighted by molar-refractivity contribution is 5.49. The van der Waals surface area contributed by atoms with Crippen LogP contribution in [-0.2, 0) is 18.4 Å². The molecule has 0 bridgehead atoms. The molecule has 0 spiro atoms. The molecule has 1 aliphatic carbocycles. The fraction of sp³-hybridized carbons (Fsp3) is 0.379. The number of phenols is 2. The van der Waals surface area contributed by atoms with Crippen molar-refractivity contribution in [2.24, 2.45) is 0 Å².